The maximum atomic E-state index is 14.7. The number of nitrogen functional groups attached to an aromatic ring is 1. The van der Waals surface area contributed by atoms with Crippen LogP contribution in [0.1, 0.15) is 33.7 Å². The van der Waals surface area contributed by atoms with Crippen LogP contribution in [0.15, 0.2) is 18.5 Å². The first-order valence-corrected chi connectivity index (χ1v) is 12.2. The standard InChI is InChI=1S/C24H21F10N7O2/c1-9-11(16-4-13(22(26,27)28)19-20(35)36-8-37-41(16)19)3-12(10(2)38-9)21(43)39-15-7-40(6-14(15)25)18(42)5-17(23(29,30)31)24(32,33)34/h3-4,8,14-15,17H,5-7H2,1-2H3,(H,39,43)(H2,35,36,37)/t14-,15+/m0/s1. The van der Waals surface area contributed by atoms with Crippen molar-refractivity contribution in [3.8, 4) is 11.3 Å². The van der Waals surface area contributed by atoms with Gasteiger partial charge in [0.05, 0.1) is 35.1 Å². The van der Waals surface area contributed by atoms with Gasteiger partial charge in [0.1, 0.15) is 18.0 Å². The zero-order chi connectivity index (χ0) is 32.2. The first-order chi connectivity index (χ1) is 19.7. The van der Waals surface area contributed by atoms with Crippen molar-refractivity contribution < 1.29 is 53.5 Å². The van der Waals surface area contributed by atoms with Gasteiger partial charge in [0.25, 0.3) is 5.91 Å². The average molecular weight is 629 g/mol. The number of carbonyl (C=O) groups is 2. The zero-order valence-corrected chi connectivity index (χ0v) is 22.0. The molecule has 0 bridgehead atoms. The van der Waals surface area contributed by atoms with Crippen LogP contribution >= 0.6 is 0 Å². The minimum atomic E-state index is -5.77. The van der Waals surface area contributed by atoms with E-state index in [0.717, 1.165) is 23.0 Å². The third kappa shape index (κ3) is 6.29. The Bertz CT molecular complexity index is 1550. The number of pyridine rings is 1. The number of nitrogens with one attached hydrogen (secondary N) is 1. The lowest BCUT2D eigenvalue weighted by Crippen LogP contribution is -2.43. The first-order valence-electron chi connectivity index (χ1n) is 12.2. The lowest BCUT2D eigenvalue weighted by Gasteiger charge is -2.25. The molecule has 3 aromatic heterocycles. The largest absolute Gasteiger partial charge is 0.418 e. The predicted molar refractivity (Wildman–Crippen MR) is 128 cm³/mol. The van der Waals surface area contributed by atoms with Crippen molar-refractivity contribution in [2.24, 2.45) is 5.92 Å². The van der Waals surface area contributed by atoms with E-state index in [1.165, 1.54) is 13.8 Å². The second-order valence-electron chi connectivity index (χ2n) is 9.84. The van der Waals surface area contributed by atoms with Crippen molar-refractivity contribution in [2.75, 3.05) is 18.8 Å². The molecule has 1 aliphatic rings. The van der Waals surface area contributed by atoms with Gasteiger partial charge in [-0.25, -0.2) is 13.9 Å². The Balaban J connectivity index is 1.60. The molecule has 3 aromatic rings. The molecule has 234 valence electrons. The molecule has 0 spiro atoms. The van der Waals surface area contributed by atoms with Crippen LogP contribution in [0.25, 0.3) is 16.8 Å². The summed E-state index contributed by atoms with van der Waals surface area (Å²) < 4.78 is 134. The fourth-order valence-corrected chi connectivity index (χ4v) is 4.76. The van der Waals surface area contributed by atoms with E-state index in [-0.39, 0.29) is 28.2 Å². The molecule has 43 heavy (non-hydrogen) atoms. The van der Waals surface area contributed by atoms with Gasteiger partial charge in [-0.1, -0.05) is 0 Å². The quantitative estimate of drug-likeness (QED) is 0.404. The SMILES string of the molecule is Cc1nc(C)c(-c2cc(C(F)(F)F)c3c(N)ncnn23)cc1C(=O)N[C@@H]1CN(C(=O)CC(C(F)(F)F)C(F)(F)F)C[C@@H]1F. The third-order valence-corrected chi connectivity index (χ3v) is 6.90. The molecule has 9 nitrogen and oxygen atoms in total. The second-order valence-corrected chi connectivity index (χ2v) is 9.84. The molecule has 1 aliphatic heterocycles. The van der Waals surface area contributed by atoms with E-state index >= 15 is 0 Å². The Morgan fingerprint density at radius 2 is 1.65 bits per heavy atom. The number of halogens is 10. The maximum absolute atomic E-state index is 14.7. The highest BCUT2D eigenvalue weighted by Gasteiger charge is 2.57. The predicted octanol–water partition coefficient (Wildman–Crippen LogP) is 4.42. The lowest BCUT2D eigenvalue weighted by molar-refractivity contribution is -0.284. The van der Waals surface area contributed by atoms with E-state index in [1.807, 2.05) is 0 Å². The number of nitrogens with two attached hydrogens (primary N) is 1. The highest BCUT2D eigenvalue weighted by Crippen LogP contribution is 2.42. The Kier molecular flexibility index (Phi) is 7.99. The van der Waals surface area contributed by atoms with Crippen molar-refractivity contribution in [1.29, 1.82) is 0 Å². The van der Waals surface area contributed by atoms with Gasteiger partial charge in [-0.05, 0) is 26.0 Å². The van der Waals surface area contributed by atoms with Crippen LogP contribution in [0.5, 0.6) is 0 Å². The van der Waals surface area contributed by atoms with Gasteiger partial charge in [-0.2, -0.15) is 44.6 Å². The number of carbonyl (C=O) groups excluding carboxylic acids is 2. The van der Waals surface area contributed by atoms with Crippen molar-refractivity contribution in [2.45, 2.75) is 51.0 Å². The van der Waals surface area contributed by atoms with Gasteiger partial charge in [0.2, 0.25) is 5.91 Å². The summed E-state index contributed by atoms with van der Waals surface area (Å²) in [7, 11) is 0. The lowest BCUT2D eigenvalue weighted by atomic mass is 10.0. The Labute approximate surface area is 235 Å². The summed E-state index contributed by atoms with van der Waals surface area (Å²) in [5.41, 5.74) is 3.78. The minimum absolute atomic E-state index is 0.00437. The van der Waals surface area contributed by atoms with Crippen molar-refractivity contribution >= 4 is 23.1 Å². The molecule has 2 atom stereocenters. The molecule has 3 N–H and O–H groups in total. The molecule has 4 heterocycles. The number of hydrogen-bond donors (Lipinski definition) is 2. The normalized spacial score (nSPS) is 18.1. The molecule has 19 heteroatoms. The number of aromatic nitrogens is 4. The Morgan fingerprint density at radius 3 is 2.23 bits per heavy atom. The summed E-state index contributed by atoms with van der Waals surface area (Å²) in [5, 5.41) is 6.06. The summed E-state index contributed by atoms with van der Waals surface area (Å²) in [6.45, 7) is 1.21. The van der Waals surface area contributed by atoms with Gasteiger partial charge >= 0.3 is 18.5 Å². The number of amides is 2. The molecule has 0 saturated carbocycles. The van der Waals surface area contributed by atoms with Gasteiger partial charge in [0, 0.05) is 24.2 Å². The van der Waals surface area contributed by atoms with E-state index in [1.54, 1.807) is 0 Å². The number of alkyl halides is 10. The molecule has 0 aliphatic carbocycles. The Hall–Kier alpha value is -4.19. The van der Waals surface area contributed by atoms with E-state index in [9.17, 15) is 53.5 Å². The highest BCUT2D eigenvalue weighted by atomic mass is 19.4. The first kappa shape index (κ1) is 31.7. The van der Waals surface area contributed by atoms with Crippen LogP contribution in [0, 0.1) is 19.8 Å². The average Bonchev–Trinajstić information content (AvgIpc) is 3.43. The van der Waals surface area contributed by atoms with Gasteiger partial charge in [0.15, 0.2) is 11.7 Å². The number of aryl methyl sites for hydroxylation is 2. The molecule has 1 fully saturated rings. The van der Waals surface area contributed by atoms with Crippen molar-refractivity contribution in [3.05, 3.63) is 41.0 Å². The number of nitrogens with zero attached hydrogens (tertiary/aromatic N) is 5. The van der Waals surface area contributed by atoms with E-state index in [4.69, 9.17) is 5.73 Å². The summed E-state index contributed by atoms with van der Waals surface area (Å²) in [5.74, 6) is -7.06. The van der Waals surface area contributed by atoms with E-state index in [2.05, 4.69) is 20.4 Å². The third-order valence-electron chi connectivity index (χ3n) is 6.90. The minimum Gasteiger partial charge on any atom is -0.382 e. The fourth-order valence-electron chi connectivity index (χ4n) is 4.76. The topological polar surface area (TPSA) is 119 Å². The summed E-state index contributed by atoms with van der Waals surface area (Å²) in [6.07, 6.45) is -19.5. The monoisotopic (exact) mass is 629 g/mol. The van der Waals surface area contributed by atoms with Crippen molar-refractivity contribution in [3.63, 3.8) is 0 Å². The number of rotatable bonds is 5. The highest BCUT2D eigenvalue weighted by molar-refractivity contribution is 5.97. The molecule has 2 amide bonds. The number of hydrogen-bond acceptors (Lipinski definition) is 6. The van der Waals surface area contributed by atoms with Crippen LogP contribution in [0.2, 0.25) is 0 Å². The molecule has 0 aromatic carbocycles. The smallest absolute Gasteiger partial charge is 0.382 e. The number of likely N-dealkylation sites (tertiary alicyclic amines) is 1. The number of anilines is 1. The summed E-state index contributed by atoms with van der Waals surface area (Å²) >= 11 is 0. The molecule has 4 rings (SSSR count). The summed E-state index contributed by atoms with van der Waals surface area (Å²) in [6, 6.07) is 0.374. The van der Waals surface area contributed by atoms with Crippen LogP contribution in [0.4, 0.5) is 49.7 Å². The molecule has 1 saturated heterocycles. The molecular weight excluding hydrogens is 608 g/mol. The Morgan fingerprint density at radius 1 is 1.02 bits per heavy atom. The molecule has 0 unspecified atom stereocenters. The van der Waals surface area contributed by atoms with Crippen LogP contribution in [-0.4, -0.2) is 74.0 Å². The molecule has 0 radical (unpaired) electrons. The van der Waals surface area contributed by atoms with Crippen molar-refractivity contribution in [1.82, 2.24) is 29.8 Å². The van der Waals surface area contributed by atoms with E-state index in [0.29, 0.717) is 4.90 Å². The van der Waals surface area contributed by atoms with E-state index < -0.39 is 84.9 Å². The maximum Gasteiger partial charge on any atom is 0.418 e. The fraction of sp³-hybridized carbons (Fsp3) is 0.458. The van der Waals surface area contributed by atoms with Crippen LogP contribution < -0.4 is 11.1 Å². The van der Waals surface area contributed by atoms with Gasteiger partial charge in [-0.15, -0.1) is 0 Å². The number of fused-ring (bicyclic) bond motifs is 1. The van der Waals surface area contributed by atoms with Crippen LogP contribution in [0.3, 0.4) is 0 Å². The zero-order valence-electron chi connectivity index (χ0n) is 22.0. The van der Waals surface area contributed by atoms with Gasteiger partial charge < -0.3 is 16.0 Å². The summed E-state index contributed by atoms with van der Waals surface area (Å²) in [4.78, 5) is 33.6. The van der Waals surface area contributed by atoms with Crippen LogP contribution in [-0.2, 0) is 11.0 Å². The van der Waals surface area contributed by atoms with Gasteiger partial charge in [-0.3, -0.25) is 14.6 Å². The second kappa shape index (κ2) is 10.8. The molecular formula is C24H21F10N7O2.